The monoisotopic (exact) mass is 891 g/mol. The van der Waals surface area contributed by atoms with E-state index in [-0.39, 0.29) is 12.1 Å². The number of allylic oxidation sites excluding steroid dienone is 1. The van der Waals surface area contributed by atoms with Gasteiger partial charge >= 0.3 is 5.97 Å². The van der Waals surface area contributed by atoms with Crippen LogP contribution >= 0.6 is 0 Å². The van der Waals surface area contributed by atoms with E-state index in [1.165, 1.54) is 257 Å². The average molecular weight is 892 g/mol. The van der Waals surface area contributed by atoms with Crippen LogP contribution in [0.5, 0.6) is 0 Å². The number of ether oxygens (including phenoxy) is 1. The second kappa shape index (κ2) is 32.9. The molecule has 4 aliphatic carbocycles. The second-order valence-corrected chi connectivity index (χ2v) is 24.4. The molecule has 0 spiro atoms. The average Bonchev–Trinajstić information content (AvgIpc) is 3.64. The van der Waals surface area contributed by atoms with Gasteiger partial charge in [0.1, 0.15) is 6.10 Å². The number of esters is 1. The molecule has 64 heavy (non-hydrogen) atoms. The highest BCUT2D eigenvalue weighted by molar-refractivity contribution is 5.69. The molecule has 8 unspecified atom stereocenters. The van der Waals surface area contributed by atoms with Crippen LogP contribution in [0.2, 0.25) is 0 Å². The molecular weight excluding hydrogens is 777 g/mol. The number of carbonyl (C=O) groups excluding carboxylic acids is 1. The summed E-state index contributed by atoms with van der Waals surface area (Å²) in [4.78, 5) is 12.9. The van der Waals surface area contributed by atoms with Crippen molar-refractivity contribution in [2.45, 2.75) is 330 Å². The summed E-state index contributed by atoms with van der Waals surface area (Å²) in [6.07, 6.45) is 63.7. The van der Waals surface area contributed by atoms with Crippen molar-refractivity contribution in [3.63, 3.8) is 0 Å². The fourth-order valence-electron chi connectivity index (χ4n) is 14.6. The summed E-state index contributed by atoms with van der Waals surface area (Å²) in [5, 5.41) is 0. The van der Waals surface area contributed by atoms with Gasteiger partial charge in [0.2, 0.25) is 0 Å². The highest BCUT2D eigenvalue weighted by Crippen LogP contribution is 2.67. The first-order chi connectivity index (χ1) is 31.2. The van der Waals surface area contributed by atoms with Crippen molar-refractivity contribution in [3.8, 4) is 0 Å². The zero-order valence-electron chi connectivity index (χ0n) is 44.5. The first kappa shape index (κ1) is 55.8. The fraction of sp³-hybridized carbons (Fsp3) is 0.952. The summed E-state index contributed by atoms with van der Waals surface area (Å²) in [5.74, 6) is 5.34. The number of rotatable bonds is 39. The first-order valence-electron chi connectivity index (χ1n) is 30.1. The van der Waals surface area contributed by atoms with E-state index in [4.69, 9.17) is 4.74 Å². The van der Waals surface area contributed by atoms with Gasteiger partial charge < -0.3 is 4.74 Å². The summed E-state index contributed by atoms with van der Waals surface area (Å²) in [5.41, 5.74) is 2.54. The summed E-state index contributed by atoms with van der Waals surface area (Å²) < 4.78 is 6.18. The van der Waals surface area contributed by atoms with E-state index in [2.05, 4.69) is 47.6 Å². The normalized spacial score (nSPS) is 27.0. The number of unbranched alkanes of at least 4 members (excludes halogenated alkanes) is 31. The van der Waals surface area contributed by atoms with Crippen LogP contribution in [0.3, 0.4) is 0 Å². The molecule has 3 saturated carbocycles. The smallest absolute Gasteiger partial charge is 0.306 e. The highest BCUT2D eigenvalue weighted by atomic mass is 16.5. The van der Waals surface area contributed by atoms with Crippen molar-refractivity contribution in [2.75, 3.05) is 0 Å². The van der Waals surface area contributed by atoms with Crippen molar-refractivity contribution >= 4 is 5.97 Å². The number of hydrogen-bond donors (Lipinski definition) is 0. The molecule has 0 aromatic rings. The highest BCUT2D eigenvalue weighted by Gasteiger charge is 2.59. The molecule has 0 N–H and O–H groups in total. The third-order valence-electron chi connectivity index (χ3n) is 18.8. The van der Waals surface area contributed by atoms with Crippen LogP contribution in [0.25, 0.3) is 0 Å². The standard InChI is InChI=1S/C62H114O2/c1-7-8-9-10-11-12-13-14-15-16-17-18-19-20-21-22-23-24-25-26-27-28-29-30-31-32-33-34-35-36-37-38-42-60(63)64-55-47-49-61(5)54(51-55)43-44-56-58-46-45-57(53(4)41-39-40-52(2)3)62(58,6)50-48-59(56)61/h43,52-53,55-59H,7-42,44-51H2,1-6H3. The van der Waals surface area contributed by atoms with Gasteiger partial charge in [-0.15, -0.1) is 0 Å². The van der Waals surface area contributed by atoms with Gasteiger partial charge in [0, 0.05) is 12.8 Å². The Kier molecular flexibility index (Phi) is 28.7. The van der Waals surface area contributed by atoms with E-state index in [1.54, 1.807) is 5.57 Å². The molecule has 4 rings (SSSR count). The Morgan fingerprint density at radius 1 is 0.547 bits per heavy atom. The Labute approximate surface area is 402 Å². The van der Waals surface area contributed by atoms with Gasteiger partial charge in [-0.05, 0) is 97.7 Å². The quantitative estimate of drug-likeness (QED) is 0.0349. The summed E-state index contributed by atoms with van der Waals surface area (Å²) in [6, 6.07) is 0. The second-order valence-electron chi connectivity index (χ2n) is 24.4. The molecule has 0 aromatic carbocycles. The third kappa shape index (κ3) is 20.0. The number of fused-ring (bicyclic) bond motifs is 5. The van der Waals surface area contributed by atoms with Crippen LogP contribution in [0, 0.1) is 46.3 Å². The van der Waals surface area contributed by atoms with E-state index in [0.717, 1.165) is 54.8 Å². The lowest BCUT2D eigenvalue weighted by Gasteiger charge is -2.58. The number of hydrogen-bond acceptors (Lipinski definition) is 2. The maximum absolute atomic E-state index is 12.9. The lowest BCUT2D eigenvalue weighted by Crippen LogP contribution is -2.51. The predicted octanol–water partition coefficient (Wildman–Crippen LogP) is 20.8. The molecule has 0 aromatic heterocycles. The van der Waals surface area contributed by atoms with Crippen LogP contribution < -0.4 is 0 Å². The maximum atomic E-state index is 12.9. The van der Waals surface area contributed by atoms with Crippen LogP contribution in [0.4, 0.5) is 0 Å². The van der Waals surface area contributed by atoms with E-state index < -0.39 is 0 Å². The summed E-state index contributed by atoms with van der Waals surface area (Å²) in [6.45, 7) is 15.0. The van der Waals surface area contributed by atoms with Gasteiger partial charge in [-0.2, -0.15) is 0 Å². The van der Waals surface area contributed by atoms with E-state index in [0.29, 0.717) is 17.3 Å². The van der Waals surface area contributed by atoms with Crippen molar-refractivity contribution in [1.82, 2.24) is 0 Å². The van der Waals surface area contributed by atoms with Gasteiger partial charge in [0.05, 0.1) is 0 Å². The van der Waals surface area contributed by atoms with Gasteiger partial charge in [0.15, 0.2) is 0 Å². The van der Waals surface area contributed by atoms with Gasteiger partial charge in [-0.1, -0.05) is 271 Å². The molecule has 0 heterocycles. The van der Waals surface area contributed by atoms with Crippen molar-refractivity contribution in [1.29, 1.82) is 0 Å². The molecule has 0 bridgehead atoms. The van der Waals surface area contributed by atoms with E-state index in [1.807, 2.05) is 0 Å². The molecule has 4 aliphatic rings. The predicted molar refractivity (Wildman–Crippen MR) is 281 cm³/mol. The summed E-state index contributed by atoms with van der Waals surface area (Å²) >= 11 is 0. The lowest BCUT2D eigenvalue weighted by molar-refractivity contribution is -0.151. The van der Waals surface area contributed by atoms with Crippen molar-refractivity contribution in [3.05, 3.63) is 11.6 Å². The summed E-state index contributed by atoms with van der Waals surface area (Å²) in [7, 11) is 0. The molecule has 2 nitrogen and oxygen atoms in total. The van der Waals surface area contributed by atoms with Crippen LogP contribution in [0.1, 0.15) is 324 Å². The minimum Gasteiger partial charge on any atom is -0.462 e. The fourth-order valence-corrected chi connectivity index (χ4v) is 14.6. The Balaban J connectivity index is 0.886. The minimum absolute atomic E-state index is 0.0708. The first-order valence-corrected chi connectivity index (χ1v) is 30.1. The topological polar surface area (TPSA) is 26.3 Å². The molecule has 0 amide bonds. The Morgan fingerprint density at radius 2 is 1.00 bits per heavy atom. The SMILES string of the molecule is CCCCCCCCCCCCCCCCCCCCCCCCCCCCCCCCCCC(=O)OC1CCC2(C)C(=CCC3C2CCC2(C)C(C(C)CCCC(C)C)CCC32)C1. The van der Waals surface area contributed by atoms with Gasteiger partial charge in [0.25, 0.3) is 0 Å². The largest absolute Gasteiger partial charge is 0.462 e. The molecular formula is C62H114O2. The lowest BCUT2D eigenvalue weighted by atomic mass is 9.47. The van der Waals surface area contributed by atoms with Gasteiger partial charge in [-0.3, -0.25) is 4.79 Å². The van der Waals surface area contributed by atoms with E-state index >= 15 is 0 Å². The Hall–Kier alpha value is -0.790. The molecule has 2 heteroatoms. The van der Waals surface area contributed by atoms with Crippen molar-refractivity contribution < 1.29 is 9.53 Å². The Bertz CT molecular complexity index is 1200. The molecule has 374 valence electrons. The molecule has 3 fully saturated rings. The van der Waals surface area contributed by atoms with E-state index in [9.17, 15) is 4.79 Å². The molecule has 0 saturated heterocycles. The zero-order valence-corrected chi connectivity index (χ0v) is 44.5. The van der Waals surface area contributed by atoms with Crippen LogP contribution in [-0.2, 0) is 9.53 Å². The minimum atomic E-state index is 0.0708. The van der Waals surface area contributed by atoms with Gasteiger partial charge in [-0.25, -0.2) is 0 Å². The molecule has 0 radical (unpaired) electrons. The number of carbonyl (C=O) groups is 1. The Morgan fingerprint density at radius 3 is 1.45 bits per heavy atom. The van der Waals surface area contributed by atoms with Crippen LogP contribution in [0.15, 0.2) is 11.6 Å². The third-order valence-corrected chi connectivity index (χ3v) is 18.8. The molecule has 0 aliphatic heterocycles. The van der Waals surface area contributed by atoms with Crippen LogP contribution in [-0.4, -0.2) is 12.1 Å². The van der Waals surface area contributed by atoms with Crippen molar-refractivity contribution in [2.24, 2.45) is 46.3 Å². The maximum Gasteiger partial charge on any atom is 0.306 e. The molecule has 8 atom stereocenters. The zero-order chi connectivity index (χ0) is 45.7.